The zero-order valence-electron chi connectivity index (χ0n) is 11.1. The predicted molar refractivity (Wildman–Crippen MR) is 84.6 cm³/mol. The number of aldehydes is 1. The van der Waals surface area contributed by atoms with Crippen LogP contribution in [-0.4, -0.2) is 6.29 Å². The standard InChI is InChI=1S/C19H16O/c20-16-17-11-7-5-6-9-13-18-12-8-3-1-2-4-10-14-19(18)15-17/h1-16H. The van der Waals surface area contributed by atoms with E-state index in [0.29, 0.717) is 5.56 Å². The van der Waals surface area contributed by atoms with E-state index < -0.39 is 0 Å². The molecule has 2 rings (SSSR count). The highest BCUT2D eigenvalue weighted by Crippen LogP contribution is 2.09. The van der Waals surface area contributed by atoms with E-state index in [1.165, 1.54) is 0 Å². The Morgan fingerprint density at radius 3 is 1.55 bits per heavy atom. The van der Waals surface area contributed by atoms with Crippen molar-refractivity contribution in [1.82, 2.24) is 0 Å². The zero-order chi connectivity index (χ0) is 14.0. The van der Waals surface area contributed by atoms with Crippen molar-refractivity contribution >= 4 is 17.1 Å². The Morgan fingerprint density at radius 1 is 0.550 bits per heavy atom. The summed E-state index contributed by atoms with van der Waals surface area (Å²) in [4.78, 5) is 11.1. The summed E-state index contributed by atoms with van der Waals surface area (Å²) < 4.78 is 0. The Bertz CT molecular complexity index is 691. The van der Waals surface area contributed by atoms with Crippen LogP contribution in [0.4, 0.5) is 0 Å². The average Bonchev–Trinajstić information content (AvgIpc) is 2.49. The van der Waals surface area contributed by atoms with Crippen LogP contribution in [0.3, 0.4) is 0 Å². The van der Waals surface area contributed by atoms with E-state index in [9.17, 15) is 4.79 Å². The third-order valence-electron chi connectivity index (χ3n) is 2.80. The molecular formula is C19H16O. The minimum absolute atomic E-state index is 0.645. The zero-order valence-corrected chi connectivity index (χ0v) is 11.1. The van der Waals surface area contributed by atoms with Gasteiger partial charge in [-0.25, -0.2) is 0 Å². The molecule has 0 fully saturated rings. The van der Waals surface area contributed by atoms with Gasteiger partial charge in [0.25, 0.3) is 0 Å². The summed E-state index contributed by atoms with van der Waals surface area (Å²) in [5.74, 6) is 0. The van der Waals surface area contributed by atoms with Gasteiger partial charge in [0, 0.05) is 5.56 Å². The largest absolute Gasteiger partial charge is 0.298 e. The van der Waals surface area contributed by atoms with Crippen LogP contribution in [0.5, 0.6) is 0 Å². The van der Waals surface area contributed by atoms with Gasteiger partial charge in [-0.15, -0.1) is 0 Å². The van der Waals surface area contributed by atoms with Crippen LogP contribution < -0.4 is 0 Å². The van der Waals surface area contributed by atoms with Crippen LogP contribution in [0.15, 0.2) is 91.0 Å². The summed E-state index contributed by atoms with van der Waals surface area (Å²) in [5, 5.41) is 2.06. The van der Waals surface area contributed by atoms with Crippen molar-refractivity contribution in [3.05, 3.63) is 96.6 Å². The Labute approximate surface area is 119 Å². The van der Waals surface area contributed by atoms with E-state index in [1.54, 1.807) is 6.07 Å². The molecule has 0 amide bonds. The molecule has 0 N–H and O–H groups in total. The van der Waals surface area contributed by atoms with E-state index >= 15 is 0 Å². The molecule has 0 aliphatic rings. The fourth-order valence-electron chi connectivity index (χ4n) is 1.81. The monoisotopic (exact) mass is 260 g/mol. The molecule has 0 aliphatic heterocycles. The van der Waals surface area contributed by atoms with Crippen LogP contribution >= 0.6 is 0 Å². The smallest absolute Gasteiger partial charge is 0.150 e. The van der Waals surface area contributed by atoms with Crippen molar-refractivity contribution < 1.29 is 4.79 Å². The van der Waals surface area contributed by atoms with Gasteiger partial charge < -0.3 is 0 Å². The van der Waals surface area contributed by atoms with Crippen molar-refractivity contribution in [3.8, 4) is 0 Å². The molecule has 20 heavy (non-hydrogen) atoms. The highest BCUT2D eigenvalue weighted by Gasteiger charge is 1.87. The first kappa shape index (κ1) is 13.8. The van der Waals surface area contributed by atoms with Crippen molar-refractivity contribution in [3.63, 3.8) is 0 Å². The van der Waals surface area contributed by atoms with Gasteiger partial charge in [-0.3, -0.25) is 4.79 Å². The molecule has 1 heteroatoms. The van der Waals surface area contributed by atoms with Crippen molar-refractivity contribution in [2.75, 3.05) is 0 Å². The highest BCUT2D eigenvalue weighted by atomic mass is 16.1. The lowest BCUT2D eigenvalue weighted by atomic mass is 10.1. The summed E-state index contributed by atoms with van der Waals surface area (Å²) in [5.41, 5.74) is 0.645. The molecule has 0 saturated heterocycles. The first-order valence-corrected chi connectivity index (χ1v) is 6.51. The molecule has 0 heterocycles. The third kappa shape index (κ3) is 4.21. The fourth-order valence-corrected chi connectivity index (χ4v) is 1.81. The Hall–Kier alpha value is -2.67. The number of hydrogen-bond donors (Lipinski definition) is 0. The van der Waals surface area contributed by atoms with Gasteiger partial charge in [-0.1, -0.05) is 84.9 Å². The van der Waals surface area contributed by atoms with Crippen LogP contribution in [0.25, 0.3) is 10.8 Å². The van der Waals surface area contributed by atoms with Crippen LogP contribution in [0.2, 0.25) is 0 Å². The lowest BCUT2D eigenvalue weighted by Gasteiger charge is -1.91. The van der Waals surface area contributed by atoms with Gasteiger partial charge in [0.15, 0.2) is 0 Å². The summed E-state index contributed by atoms with van der Waals surface area (Å²) in [6.45, 7) is 0. The molecule has 0 aliphatic carbocycles. The van der Waals surface area contributed by atoms with E-state index in [2.05, 4.69) is 0 Å². The molecule has 2 aromatic carbocycles. The lowest BCUT2D eigenvalue weighted by molar-refractivity contribution is 0.112. The molecule has 2 aromatic rings. The molecule has 98 valence electrons. The molecule has 0 unspecified atom stereocenters. The Morgan fingerprint density at radius 2 is 1.00 bits per heavy atom. The van der Waals surface area contributed by atoms with E-state index in [-0.39, 0.29) is 0 Å². The molecule has 0 atom stereocenters. The van der Waals surface area contributed by atoms with Crippen LogP contribution in [0, 0.1) is 0 Å². The SMILES string of the molecule is O=Cc1ccccccc2ccccccccc2c1. The van der Waals surface area contributed by atoms with Gasteiger partial charge in [-0.2, -0.15) is 0 Å². The van der Waals surface area contributed by atoms with Crippen molar-refractivity contribution in [2.45, 2.75) is 0 Å². The topological polar surface area (TPSA) is 17.1 Å². The third-order valence-corrected chi connectivity index (χ3v) is 2.80. The first-order valence-electron chi connectivity index (χ1n) is 6.51. The Kier molecular flexibility index (Phi) is 5.29. The second kappa shape index (κ2) is 7.70. The number of carbonyl (C=O) groups is 1. The summed E-state index contributed by atoms with van der Waals surface area (Å²) >= 11 is 0. The van der Waals surface area contributed by atoms with Gasteiger partial charge in [-0.05, 0) is 16.8 Å². The molecule has 0 saturated carbocycles. The molecule has 0 radical (unpaired) electrons. The quantitative estimate of drug-likeness (QED) is 0.666. The number of hydrogen-bond acceptors (Lipinski definition) is 1. The highest BCUT2D eigenvalue weighted by molar-refractivity contribution is 5.85. The number of fused-ring (bicyclic) bond motifs is 1. The van der Waals surface area contributed by atoms with E-state index in [0.717, 1.165) is 17.1 Å². The van der Waals surface area contributed by atoms with Crippen LogP contribution in [-0.2, 0) is 0 Å². The fraction of sp³-hybridized carbons (Fsp3) is 0. The Balaban J connectivity index is 2.91. The van der Waals surface area contributed by atoms with Crippen LogP contribution in [0.1, 0.15) is 10.4 Å². The number of carbonyl (C=O) groups excluding carboxylic acids is 1. The molecule has 0 aromatic heterocycles. The maximum Gasteiger partial charge on any atom is 0.150 e. The molecular weight excluding hydrogens is 244 g/mol. The summed E-state index contributed by atoms with van der Waals surface area (Å²) in [6.07, 6.45) is 0.867. The lowest BCUT2D eigenvalue weighted by Crippen LogP contribution is -1.74. The summed E-state index contributed by atoms with van der Waals surface area (Å²) in [7, 11) is 0. The van der Waals surface area contributed by atoms with Gasteiger partial charge >= 0.3 is 0 Å². The molecule has 1 nitrogen and oxygen atoms in total. The molecule has 0 bridgehead atoms. The van der Waals surface area contributed by atoms with Gasteiger partial charge in [0.05, 0.1) is 0 Å². The maximum absolute atomic E-state index is 11.1. The minimum atomic E-state index is 0.645. The predicted octanol–water partition coefficient (Wildman–Crippen LogP) is 4.90. The average molecular weight is 260 g/mol. The second-order valence-corrected chi connectivity index (χ2v) is 4.26. The maximum atomic E-state index is 11.1. The number of rotatable bonds is 1. The second-order valence-electron chi connectivity index (χ2n) is 4.26. The van der Waals surface area contributed by atoms with Gasteiger partial charge in [0.1, 0.15) is 6.29 Å². The minimum Gasteiger partial charge on any atom is -0.298 e. The normalized spacial score (nSPS) is 9.20. The van der Waals surface area contributed by atoms with Gasteiger partial charge in [0.2, 0.25) is 0 Å². The molecule has 0 spiro atoms. The summed E-state index contributed by atoms with van der Waals surface area (Å²) in [6, 6.07) is 29.3. The van der Waals surface area contributed by atoms with E-state index in [1.807, 2.05) is 84.9 Å². The van der Waals surface area contributed by atoms with E-state index in [4.69, 9.17) is 0 Å². The van der Waals surface area contributed by atoms with Crippen molar-refractivity contribution in [1.29, 1.82) is 0 Å². The van der Waals surface area contributed by atoms with Crippen molar-refractivity contribution in [2.24, 2.45) is 0 Å². The first-order chi connectivity index (χ1) is 9.90.